The van der Waals surface area contributed by atoms with Gasteiger partial charge in [-0.2, -0.15) is 0 Å². The number of esters is 1. The molecule has 0 saturated heterocycles. The van der Waals surface area contributed by atoms with Gasteiger partial charge in [-0.15, -0.1) is 0 Å². The van der Waals surface area contributed by atoms with Gasteiger partial charge in [-0.25, -0.2) is 0 Å². The van der Waals surface area contributed by atoms with E-state index in [0.29, 0.717) is 18.7 Å². The second-order valence-electron chi connectivity index (χ2n) is 7.22. The maximum Gasteiger partial charge on any atom is 0.307 e. The smallest absolute Gasteiger partial charge is 0.307 e. The fourth-order valence-electron chi connectivity index (χ4n) is 3.60. The van der Waals surface area contributed by atoms with Crippen LogP contribution < -0.4 is 0 Å². The van der Waals surface area contributed by atoms with Crippen molar-refractivity contribution in [3.05, 3.63) is 35.4 Å². The van der Waals surface area contributed by atoms with Gasteiger partial charge in [-0.3, -0.25) is 14.4 Å². The standard InChI is InChI=1S/C22H31NO4/c1-3-27-22(26)15-16-23(19-7-5-4-6-8-19)21(25)14-13-20(24)18-11-9-17(2)10-12-18/h9-12,19H,3-8,13-16H2,1-2H3. The van der Waals surface area contributed by atoms with Crippen molar-refractivity contribution in [3.8, 4) is 0 Å². The molecular weight excluding hydrogens is 342 g/mol. The van der Waals surface area contributed by atoms with Crippen molar-refractivity contribution in [1.82, 2.24) is 4.90 Å². The molecule has 27 heavy (non-hydrogen) atoms. The van der Waals surface area contributed by atoms with Gasteiger partial charge in [0.15, 0.2) is 5.78 Å². The summed E-state index contributed by atoms with van der Waals surface area (Å²) in [5, 5.41) is 0. The molecule has 1 aliphatic carbocycles. The van der Waals surface area contributed by atoms with E-state index in [1.165, 1.54) is 6.42 Å². The van der Waals surface area contributed by atoms with E-state index in [-0.39, 0.29) is 43.0 Å². The summed E-state index contributed by atoms with van der Waals surface area (Å²) in [7, 11) is 0. The molecule has 0 N–H and O–H groups in total. The third-order valence-corrected chi connectivity index (χ3v) is 5.14. The summed E-state index contributed by atoms with van der Waals surface area (Å²) in [4.78, 5) is 38.7. The zero-order valence-corrected chi connectivity index (χ0v) is 16.5. The van der Waals surface area contributed by atoms with E-state index < -0.39 is 0 Å². The van der Waals surface area contributed by atoms with E-state index in [1.807, 2.05) is 36.1 Å². The molecule has 5 heteroatoms. The average Bonchev–Trinajstić information content (AvgIpc) is 2.68. The number of Topliss-reactive ketones (excluding diaryl/α,β-unsaturated/α-hetero) is 1. The number of hydrogen-bond acceptors (Lipinski definition) is 4. The quantitative estimate of drug-likeness (QED) is 0.483. The molecule has 0 heterocycles. The normalized spacial score (nSPS) is 14.6. The van der Waals surface area contributed by atoms with Crippen molar-refractivity contribution >= 4 is 17.7 Å². The molecule has 0 aliphatic heterocycles. The van der Waals surface area contributed by atoms with Crippen LogP contribution in [0.2, 0.25) is 0 Å². The molecule has 1 aromatic rings. The van der Waals surface area contributed by atoms with Gasteiger partial charge < -0.3 is 9.64 Å². The van der Waals surface area contributed by atoms with Crippen LogP contribution >= 0.6 is 0 Å². The first kappa shape index (κ1) is 21.1. The third kappa shape index (κ3) is 6.81. The molecule has 0 radical (unpaired) electrons. The van der Waals surface area contributed by atoms with E-state index in [2.05, 4.69) is 0 Å². The molecule has 1 saturated carbocycles. The van der Waals surface area contributed by atoms with Gasteiger partial charge in [0, 0.05) is 31.0 Å². The SMILES string of the molecule is CCOC(=O)CCN(C(=O)CCC(=O)c1ccc(C)cc1)C1CCCCC1. The van der Waals surface area contributed by atoms with E-state index >= 15 is 0 Å². The molecule has 1 aliphatic rings. The van der Waals surface area contributed by atoms with Crippen LogP contribution in [0.3, 0.4) is 0 Å². The number of aryl methyl sites for hydroxylation is 1. The maximum atomic E-state index is 12.8. The number of ether oxygens (including phenoxy) is 1. The highest BCUT2D eigenvalue weighted by atomic mass is 16.5. The molecule has 0 bridgehead atoms. The Hall–Kier alpha value is -2.17. The Morgan fingerprint density at radius 1 is 1.00 bits per heavy atom. The first-order chi connectivity index (χ1) is 13.0. The van der Waals surface area contributed by atoms with Gasteiger partial charge in [0.05, 0.1) is 13.0 Å². The van der Waals surface area contributed by atoms with Crippen LogP contribution in [0, 0.1) is 6.92 Å². The van der Waals surface area contributed by atoms with Crippen LogP contribution in [0.5, 0.6) is 0 Å². The van der Waals surface area contributed by atoms with Crippen molar-refractivity contribution in [1.29, 1.82) is 0 Å². The minimum absolute atomic E-state index is 0.0164. The third-order valence-electron chi connectivity index (χ3n) is 5.14. The first-order valence-corrected chi connectivity index (χ1v) is 10.1. The maximum absolute atomic E-state index is 12.8. The van der Waals surface area contributed by atoms with Crippen molar-refractivity contribution in [3.63, 3.8) is 0 Å². The number of carbonyl (C=O) groups is 3. The number of benzene rings is 1. The van der Waals surface area contributed by atoms with Crippen LogP contribution in [-0.2, 0) is 14.3 Å². The van der Waals surface area contributed by atoms with Crippen molar-refractivity contribution in [2.75, 3.05) is 13.2 Å². The Kier molecular flexibility index (Phi) is 8.49. The minimum atomic E-state index is -0.276. The molecule has 1 aromatic carbocycles. The van der Waals surface area contributed by atoms with Crippen LogP contribution in [0.4, 0.5) is 0 Å². The van der Waals surface area contributed by atoms with E-state index in [0.717, 1.165) is 31.2 Å². The van der Waals surface area contributed by atoms with E-state index in [9.17, 15) is 14.4 Å². The number of amides is 1. The number of hydrogen-bond donors (Lipinski definition) is 0. The van der Waals surface area contributed by atoms with Crippen molar-refractivity contribution < 1.29 is 19.1 Å². The van der Waals surface area contributed by atoms with Crippen LogP contribution in [-0.4, -0.2) is 41.8 Å². The molecule has 148 valence electrons. The molecule has 2 rings (SSSR count). The Morgan fingerprint density at radius 2 is 1.67 bits per heavy atom. The van der Waals surface area contributed by atoms with Gasteiger partial charge in [-0.1, -0.05) is 49.1 Å². The fraction of sp³-hybridized carbons (Fsp3) is 0.591. The summed E-state index contributed by atoms with van der Waals surface area (Å²) in [5.74, 6) is -0.328. The molecule has 0 unspecified atom stereocenters. The number of carbonyl (C=O) groups excluding carboxylic acids is 3. The molecule has 1 fully saturated rings. The van der Waals surface area contributed by atoms with Gasteiger partial charge in [0.25, 0.3) is 0 Å². The summed E-state index contributed by atoms with van der Waals surface area (Å²) in [6.45, 7) is 4.48. The topological polar surface area (TPSA) is 63.7 Å². The van der Waals surface area contributed by atoms with Crippen molar-refractivity contribution in [2.45, 2.75) is 71.3 Å². The van der Waals surface area contributed by atoms with Gasteiger partial charge in [-0.05, 0) is 26.7 Å². The Balaban J connectivity index is 1.93. The number of nitrogens with zero attached hydrogens (tertiary/aromatic N) is 1. The zero-order chi connectivity index (χ0) is 19.6. The van der Waals surface area contributed by atoms with Gasteiger partial charge in [0.2, 0.25) is 5.91 Å². The molecule has 0 aromatic heterocycles. The van der Waals surface area contributed by atoms with E-state index in [1.54, 1.807) is 6.92 Å². The largest absolute Gasteiger partial charge is 0.466 e. The second kappa shape index (κ2) is 10.9. The lowest BCUT2D eigenvalue weighted by Gasteiger charge is -2.34. The Morgan fingerprint density at radius 3 is 2.30 bits per heavy atom. The van der Waals surface area contributed by atoms with E-state index in [4.69, 9.17) is 4.74 Å². The second-order valence-corrected chi connectivity index (χ2v) is 7.22. The lowest BCUT2D eigenvalue weighted by Crippen LogP contribution is -2.42. The fourth-order valence-corrected chi connectivity index (χ4v) is 3.60. The molecule has 1 amide bonds. The molecular formula is C22H31NO4. The molecule has 5 nitrogen and oxygen atoms in total. The molecule has 0 atom stereocenters. The first-order valence-electron chi connectivity index (χ1n) is 10.1. The molecule has 0 spiro atoms. The average molecular weight is 373 g/mol. The lowest BCUT2D eigenvalue weighted by atomic mass is 9.93. The number of ketones is 1. The summed E-state index contributed by atoms with van der Waals surface area (Å²) in [6.07, 6.45) is 5.95. The Bertz CT molecular complexity index is 632. The van der Waals surface area contributed by atoms with Crippen LogP contribution in [0.15, 0.2) is 24.3 Å². The van der Waals surface area contributed by atoms with Gasteiger partial charge in [0.1, 0.15) is 0 Å². The summed E-state index contributed by atoms with van der Waals surface area (Å²) >= 11 is 0. The zero-order valence-electron chi connectivity index (χ0n) is 16.5. The number of rotatable bonds is 9. The highest BCUT2D eigenvalue weighted by Gasteiger charge is 2.26. The summed E-state index contributed by atoms with van der Waals surface area (Å²) in [6, 6.07) is 7.60. The summed E-state index contributed by atoms with van der Waals surface area (Å²) in [5.41, 5.74) is 1.74. The van der Waals surface area contributed by atoms with Crippen molar-refractivity contribution in [2.24, 2.45) is 0 Å². The predicted octanol–water partition coefficient (Wildman–Crippen LogP) is 4.07. The highest BCUT2D eigenvalue weighted by molar-refractivity contribution is 5.98. The minimum Gasteiger partial charge on any atom is -0.466 e. The summed E-state index contributed by atoms with van der Waals surface area (Å²) < 4.78 is 4.99. The van der Waals surface area contributed by atoms with Crippen LogP contribution in [0.25, 0.3) is 0 Å². The lowest BCUT2D eigenvalue weighted by molar-refractivity contribution is -0.144. The highest BCUT2D eigenvalue weighted by Crippen LogP contribution is 2.24. The Labute approximate surface area is 162 Å². The van der Waals surface area contributed by atoms with Gasteiger partial charge >= 0.3 is 5.97 Å². The predicted molar refractivity (Wildman–Crippen MR) is 105 cm³/mol. The van der Waals surface area contributed by atoms with Crippen LogP contribution in [0.1, 0.15) is 74.2 Å². The monoisotopic (exact) mass is 373 g/mol.